The van der Waals surface area contributed by atoms with E-state index < -0.39 is 0 Å². The maximum Gasteiger partial charge on any atom is 0.225 e. The number of nitrogens with one attached hydrogen (secondary N) is 1. The smallest absolute Gasteiger partial charge is 0.225 e. The second kappa shape index (κ2) is 19.3. The molecule has 0 radical (unpaired) electrons. The van der Waals surface area contributed by atoms with Gasteiger partial charge in [-0.25, -0.2) is 14.8 Å². The van der Waals surface area contributed by atoms with Gasteiger partial charge in [-0.1, -0.05) is 102 Å². The Morgan fingerprint density at radius 3 is 2.24 bits per heavy atom. The van der Waals surface area contributed by atoms with Crippen molar-refractivity contribution in [3.8, 4) is 0 Å². The minimum Gasteiger partial charge on any atom is -0.348 e. The molecule has 42 heavy (non-hydrogen) atoms. The molecule has 2 fully saturated rings. The zero-order chi connectivity index (χ0) is 31.1. The highest BCUT2D eigenvalue weighted by Gasteiger charge is 2.41. The average Bonchev–Trinajstić information content (AvgIpc) is 3.86. The predicted octanol–water partition coefficient (Wildman–Crippen LogP) is 9.42. The highest BCUT2D eigenvalue weighted by atomic mass is 35.5. The van der Waals surface area contributed by atoms with Crippen molar-refractivity contribution < 1.29 is 0 Å². The molecule has 2 aliphatic carbocycles. The topological polar surface area (TPSA) is 56.7 Å². The number of halogens is 2. The van der Waals surface area contributed by atoms with Crippen LogP contribution in [0.5, 0.6) is 0 Å². The molecule has 1 aliphatic heterocycles. The Morgan fingerprint density at radius 1 is 1.00 bits per heavy atom. The fourth-order valence-corrected chi connectivity index (χ4v) is 6.06. The summed E-state index contributed by atoms with van der Waals surface area (Å²) >= 11 is 14.5. The van der Waals surface area contributed by atoms with Gasteiger partial charge in [-0.2, -0.15) is 5.10 Å². The third-order valence-corrected chi connectivity index (χ3v) is 8.51. The summed E-state index contributed by atoms with van der Waals surface area (Å²) in [6, 6.07) is 6.39. The molecular weight excluding hydrogens is 583 g/mol. The molecule has 3 aliphatic rings. The molecule has 1 saturated carbocycles. The number of nitrogens with zero attached hydrogens (tertiary/aromatic N) is 5. The Bertz CT molecular complexity index is 1090. The Hall–Kier alpha value is -1.96. The zero-order valence-electron chi connectivity index (χ0n) is 26.9. The van der Waals surface area contributed by atoms with Crippen LogP contribution in [0.25, 0.3) is 0 Å². The molecule has 1 aromatic carbocycles. The lowest BCUT2D eigenvalue weighted by atomic mass is 9.98. The van der Waals surface area contributed by atoms with Crippen LogP contribution < -0.4 is 9.73 Å². The minimum atomic E-state index is 0.319. The van der Waals surface area contributed by atoms with Crippen LogP contribution in [0.3, 0.4) is 0 Å². The molecule has 6 nitrogen and oxygen atoms in total. The maximum atomic E-state index is 6.77. The normalized spacial score (nSPS) is 21.7. The van der Waals surface area contributed by atoms with Crippen molar-refractivity contribution in [1.29, 1.82) is 0 Å². The van der Waals surface area contributed by atoms with E-state index in [9.17, 15) is 0 Å². The number of anilines is 1. The van der Waals surface area contributed by atoms with Crippen LogP contribution in [0.1, 0.15) is 91.7 Å². The van der Waals surface area contributed by atoms with E-state index in [0.717, 1.165) is 54.0 Å². The fraction of sp³-hybridized carbons (Fsp3) is 0.606. The molecule has 234 valence electrons. The summed E-state index contributed by atoms with van der Waals surface area (Å²) in [4.78, 5) is 17.0. The van der Waals surface area contributed by atoms with Gasteiger partial charge in [-0.05, 0) is 68.0 Å². The van der Waals surface area contributed by atoms with Gasteiger partial charge in [0.05, 0.1) is 28.5 Å². The number of hydrogen-bond acceptors (Lipinski definition) is 6. The molecule has 9 heteroatoms. The first kappa shape index (κ1) is 36.2. The number of aromatic nitrogens is 2. The monoisotopic (exact) mass is 634 g/mol. The van der Waals surface area contributed by atoms with Gasteiger partial charge >= 0.3 is 0 Å². The number of allylic oxidation sites excluding steroid dienone is 1. The van der Waals surface area contributed by atoms with Crippen LogP contribution in [0.4, 0.5) is 5.95 Å². The van der Waals surface area contributed by atoms with Gasteiger partial charge in [-0.3, -0.25) is 0 Å². The summed E-state index contributed by atoms with van der Waals surface area (Å²) in [5.74, 6) is 2.96. The lowest BCUT2D eigenvalue weighted by Crippen LogP contribution is -2.57. The molecule has 0 bridgehead atoms. The van der Waals surface area contributed by atoms with Crippen LogP contribution in [0.15, 0.2) is 47.8 Å². The number of amidine groups is 1. The third-order valence-electron chi connectivity index (χ3n) is 7.11. The molecule has 1 N–H and O–H groups in total. The third kappa shape index (κ3) is 10.6. The van der Waals surface area contributed by atoms with E-state index in [1.165, 1.54) is 25.7 Å². The van der Waals surface area contributed by atoms with E-state index in [-0.39, 0.29) is 0 Å². The summed E-state index contributed by atoms with van der Waals surface area (Å²) < 4.78 is 0. The largest absolute Gasteiger partial charge is 0.348 e. The van der Waals surface area contributed by atoms with E-state index in [0.29, 0.717) is 28.2 Å². The van der Waals surface area contributed by atoms with Crippen LogP contribution in [-0.2, 0) is 0 Å². The molecule has 1 aromatic heterocycles. The van der Waals surface area contributed by atoms with Gasteiger partial charge in [0.2, 0.25) is 5.95 Å². The number of rotatable bonds is 6. The van der Waals surface area contributed by atoms with Crippen molar-refractivity contribution in [2.45, 2.75) is 98.8 Å². The first-order valence-corrected chi connectivity index (χ1v) is 17.5. The van der Waals surface area contributed by atoms with E-state index in [2.05, 4.69) is 70.5 Å². The Kier molecular flexibility index (Phi) is 16.7. The van der Waals surface area contributed by atoms with E-state index in [1.807, 2.05) is 39.8 Å². The molecule has 5 rings (SSSR count). The van der Waals surface area contributed by atoms with E-state index in [4.69, 9.17) is 28.3 Å². The summed E-state index contributed by atoms with van der Waals surface area (Å²) in [5, 5.41) is 6.72. The molecule has 0 amide bonds. The van der Waals surface area contributed by atoms with Crippen LogP contribution >= 0.6 is 35.1 Å². The van der Waals surface area contributed by atoms with Crippen LogP contribution in [-0.4, -0.2) is 51.6 Å². The molecule has 3 atom stereocenters. The van der Waals surface area contributed by atoms with Crippen molar-refractivity contribution in [3.05, 3.63) is 63.9 Å². The van der Waals surface area contributed by atoms with Gasteiger partial charge in [0.1, 0.15) is 0 Å². The number of benzene rings is 1. The molecule has 3 unspecified atom stereocenters. The fourth-order valence-electron chi connectivity index (χ4n) is 4.96. The second-order valence-corrected chi connectivity index (χ2v) is 12.4. The number of hydrazone groups is 1. The first-order valence-electron chi connectivity index (χ1n) is 15.8. The summed E-state index contributed by atoms with van der Waals surface area (Å²) in [5.41, 5.74) is 2.14. The average molecular weight is 636 g/mol. The number of aryl methyl sites for hydroxylation is 1. The second-order valence-electron chi connectivity index (χ2n) is 10.5. The highest BCUT2D eigenvalue weighted by molar-refractivity contribution is 7.98. The molecule has 2 aromatic rings. The lowest BCUT2D eigenvalue weighted by molar-refractivity contribution is 0.252. The minimum absolute atomic E-state index is 0.319. The van der Waals surface area contributed by atoms with Gasteiger partial charge in [0.15, 0.2) is 5.84 Å². The number of hydrogen-bond donors (Lipinski definition) is 1. The van der Waals surface area contributed by atoms with Crippen LogP contribution in [0.2, 0.25) is 10.0 Å². The van der Waals surface area contributed by atoms with Gasteiger partial charge in [0.25, 0.3) is 0 Å². The SMILES string of the molecule is CC.CC.CCC.Cc1cccc(Cl)c1/C(=N\NSC1C=CC(C)CC1)N1CCN(c2ncc(Cl)cn2)CC1C1CC1. The van der Waals surface area contributed by atoms with E-state index >= 15 is 0 Å². The summed E-state index contributed by atoms with van der Waals surface area (Å²) in [7, 11) is 0. The quantitative estimate of drug-likeness (QED) is 0.112. The molecular formula is C33H52Cl2N6S. The summed E-state index contributed by atoms with van der Waals surface area (Å²) in [6.45, 7) is 19.1. The lowest BCUT2D eigenvalue weighted by Gasteiger charge is -2.43. The summed E-state index contributed by atoms with van der Waals surface area (Å²) in [6.07, 6.45) is 14.1. The van der Waals surface area contributed by atoms with Gasteiger partial charge < -0.3 is 9.80 Å². The van der Waals surface area contributed by atoms with Gasteiger partial charge in [0, 0.05) is 30.4 Å². The molecule has 1 saturated heterocycles. The maximum absolute atomic E-state index is 6.77. The Balaban J connectivity index is 0.000000813. The Morgan fingerprint density at radius 2 is 1.67 bits per heavy atom. The van der Waals surface area contributed by atoms with E-state index in [1.54, 1.807) is 24.3 Å². The van der Waals surface area contributed by atoms with Gasteiger partial charge in [-0.15, -0.1) is 0 Å². The van der Waals surface area contributed by atoms with Crippen molar-refractivity contribution in [2.75, 3.05) is 24.5 Å². The Labute approximate surface area is 269 Å². The van der Waals surface area contributed by atoms with Crippen molar-refractivity contribution in [1.82, 2.24) is 19.7 Å². The van der Waals surface area contributed by atoms with Crippen LogP contribution in [0, 0.1) is 18.8 Å². The van der Waals surface area contributed by atoms with Crippen molar-refractivity contribution in [2.24, 2.45) is 16.9 Å². The van der Waals surface area contributed by atoms with Crippen molar-refractivity contribution >= 4 is 46.9 Å². The highest BCUT2D eigenvalue weighted by Crippen LogP contribution is 2.39. The van der Waals surface area contributed by atoms with Crippen molar-refractivity contribution in [3.63, 3.8) is 0 Å². The first-order chi connectivity index (χ1) is 20.4. The molecule has 0 spiro atoms. The standard InChI is InChI=1S/C26H32Cl2N6S.C3H8.2C2H6/c1-17-6-10-21(11-7-17)35-32-31-25(24-18(2)4-3-5-22(24)28)34-13-12-33(16-23(34)19-8-9-19)26-29-14-20(27)15-30-26;1-3-2;2*1-2/h3-6,10,14-15,17,19,21,23,32H,7-9,11-13,16H2,1-2H3;3H2,1-2H3;2*1-2H3/b31-25+;;;. The molecule has 2 heterocycles. The predicted molar refractivity (Wildman–Crippen MR) is 186 cm³/mol. The number of piperazine rings is 1. The zero-order valence-corrected chi connectivity index (χ0v) is 29.2.